The van der Waals surface area contributed by atoms with Crippen LogP contribution in [0.3, 0.4) is 0 Å². The van der Waals surface area contributed by atoms with Crippen LogP contribution in [0.4, 0.5) is 0 Å². The lowest BCUT2D eigenvalue weighted by Gasteiger charge is -2.32. The number of aromatic amines is 1. The number of aromatic nitrogens is 1. The number of carbonyl (C=O) groups excluding carboxylic acids is 10. The summed E-state index contributed by atoms with van der Waals surface area (Å²) < 4.78 is 54.3. The van der Waals surface area contributed by atoms with E-state index in [2.05, 4.69) is 52.8 Å². The van der Waals surface area contributed by atoms with Crippen LogP contribution in [0, 0.1) is 11.8 Å². The van der Waals surface area contributed by atoms with Crippen LogP contribution < -0.4 is 59.3 Å². The van der Waals surface area contributed by atoms with E-state index < -0.39 is 176 Å². The molecule has 1 saturated heterocycles. The number of aliphatic hydroxyl groups is 3. The van der Waals surface area contributed by atoms with Gasteiger partial charge in [-0.2, -0.15) is 11.8 Å². The van der Waals surface area contributed by atoms with Crippen molar-refractivity contribution in [3.05, 3.63) is 35.2 Å². The monoisotopic (exact) mass is 1440 g/mol. The van der Waals surface area contributed by atoms with Crippen molar-refractivity contribution in [2.75, 3.05) is 143 Å². The van der Waals surface area contributed by atoms with Gasteiger partial charge in [-0.05, 0) is 23.6 Å². The Morgan fingerprint density at radius 2 is 1.32 bits per heavy atom. The van der Waals surface area contributed by atoms with E-state index in [-0.39, 0.29) is 70.8 Å². The summed E-state index contributed by atoms with van der Waals surface area (Å²) in [5.41, 5.74) is 12.4. The largest absolute Gasteiger partial charge is 0.508 e. The van der Waals surface area contributed by atoms with Crippen LogP contribution in [0.25, 0.3) is 10.9 Å². The molecule has 0 radical (unpaired) electrons. The van der Waals surface area contributed by atoms with E-state index in [0.717, 1.165) is 4.90 Å². The highest BCUT2D eigenvalue weighted by atomic mass is 32.2. The first kappa shape index (κ1) is 82.4. The molecule has 0 spiro atoms. The summed E-state index contributed by atoms with van der Waals surface area (Å²) in [4.78, 5) is 142. The molecule has 18 N–H and O–H groups in total. The van der Waals surface area contributed by atoms with Crippen molar-refractivity contribution in [1.82, 2.24) is 57.7 Å². The van der Waals surface area contributed by atoms with Crippen LogP contribution in [-0.2, 0) is 104 Å². The molecule has 11 atom stereocenters. The van der Waals surface area contributed by atoms with Crippen LogP contribution in [0.2, 0.25) is 0 Å². The van der Waals surface area contributed by atoms with Crippen LogP contribution in [0.5, 0.6) is 5.75 Å². The minimum atomic E-state index is -2.48. The number of primary amides is 1. The Morgan fingerprint density at radius 1 is 0.737 bits per heavy atom. The fourth-order valence-corrected chi connectivity index (χ4v) is 12.7. The van der Waals surface area contributed by atoms with Gasteiger partial charge in [-0.3, -0.25) is 52.2 Å². The molecular weight excluding hydrogens is 1340 g/mol. The fourth-order valence-electron chi connectivity index (χ4n) is 10.4. The van der Waals surface area contributed by atoms with Gasteiger partial charge in [0.1, 0.15) is 47.0 Å². The summed E-state index contributed by atoms with van der Waals surface area (Å²) in [5.74, 6) is -12.0. The number of carbonyl (C=O) groups is 10. The molecule has 0 aliphatic carbocycles. The number of phenolic OH excluding ortho intramolecular Hbond substituents is 1. The number of aromatic hydroxyl groups is 1. The maximum atomic E-state index is 15.2. The van der Waals surface area contributed by atoms with E-state index in [1.165, 1.54) is 30.8 Å². The molecule has 2 bridgehead atoms. The highest BCUT2D eigenvalue weighted by molar-refractivity contribution is 7.98. The van der Waals surface area contributed by atoms with Crippen molar-refractivity contribution in [1.29, 1.82) is 0 Å². The molecule has 0 saturated carbocycles. The van der Waals surface area contributed by atoms with Gasteiger partial charge in [-0.1, -0.05) is 34.1 Å². The van der Waals surface area contributed by atoms with Crippen molar-refractivity contribution in [3.8, 4) is 5.75 Å². The van der Waals surface area contributed by atoms with E-state index in [1.807, 2.05) is 0 Å². The Morgan fingerprint density at radius 3 is 1.91 bits per heavy atom. The average molecular weight is 1440 g/mol. The van der Waals surface area contributed by atoms with Gasteiger partial charge in [0.25, 0.3) is 0 Å². The second kappa shape index (κ2) is 44.1. The summed E-state index contributed by atoms with van der Waals surface area (Å²) in [6.07, 6.45) is -2.62. The number of nitrogens with two attached hydrogens (primary N) is 2. The Hall–Kier alpha value is -7.30. The van der Waals surface area contributed by atoms with E-state index in [4.69, 9.17) is 44.6 Å². The molecule has 2 aromatic rings. The number of nitrogens with zero attached hydrogens (tertiary/aromatic N) is 1. The van der Waals surface area contributed by atoms with Gasteiger partial charge in [-0.25, -0.2) is 0 Å². The number of nitrogens with one attached hydrogen (secondary N) is 10. The SMILES string of the molecule is CCC(=O)NC/C(N)=C/NCCOCCOCCOCCOCCOCCOCCOCCSCc1c(O)ccc2c3c([nH]c12)S(=O)C[C@H]1NC(=O)CNC(=O)[C@H]([C@@H](C)CC)NC(=O)CNC(=O)[C@H](C3)NC(=O)[C@H]([C@@H](C)[C@@H](O)CO)NC(=O)[C@@H]2C[C@@H](O)CN2C(=O)[C@H](CC(N)=O)NC1=O. The summed E-state index contributed by atoms with van der Waals surface area (Å²) in [5, 5.41) is 66.5. The number of hydrogen-bond acceptors (Lipinski definition) is 25. The molecule has 5 rings (SSSR count). The summed E-state index contributed by atoms with van der Waals surface area (Å²) >= 11 is 1.34. The summed E-state index contributed by atoms with van der Waals surface area (Å²) in [7, 11) is -2.48. The van der Waals surface area contributed by atoms with Gasteiger partial charge in [-0.15, -0.1) is 0 Å². The van der Waals surface area contributed by atoms with Crippen LogP contribution in [0.1, 0.15) is 64.5 Å². The number of rotatable bonds is 37. The van der Waals surface area contributed by atoms with Crippen LogP contribution in [0.15, 0.2) is 29.1 Å². The van der Waals surface area contributed by atoms with Crippen molar-refractivity contribution in [2.45, 2.75) is 119 Å². The number of phenols is 1. The average Bonchev–Trinajstić information content (AvgIpc) is 1.63. The molecule has 4 heterocycles. The minimum Gasteiger partial charge on any atom is -0.508 e. The molecule has 3 aliphatic heterocycles. The number of amides is 10. The van der Waals surface area contributed by atoms with E-state index in [1.54, 1.807) is 27.0 Å². The maximum absolute atomic E-state index is 15.2. The van der Waals surface area contributed by atoms with Gasteiger partial charge < -0.3 is 123 Å². The number of fused-ring (bicyclic) bond motifs is 5. The summed E-state index contributed by atoms with van der Waals surface area (Å²) in [6.45, 7) is 9.17. The number of aliphatic hydroxyl groups excluding tert-OH is 3. The molecule has 1 aromatic heterocycles. The normalized spacial score (nSPS) is 22.7. The zero-order chi connectivity index (χ0) is 72.4. The van der Waals surface area contributed by atoms with Gasteiger partial charge >= 0.3 is 0 Å². The van der Waals surface area contributed by atoms with Gasteiger partial charge in [0.05, 0.1) is 159 Å². The van der Waals surface area contributed by atoms with Crippen molar-refractivity contribution < 1.29 is 106 Å². The van der Waals surface area contributed by atoms with Gasteiger partial charge in [0.2, 0.25) is 59.1 Å². The smallest absolute Gasteiger partial charge is 0.246 e. The maximum Gasteiger partial charge on any atom is 0.246 e. The Labute approximate surface area is 580 Å². The van der Waals surface area contributed by atoms with E-state index in [0.29, 0.717) is 104 Å². The van der Waals surface area contributed by atoms with Gasteiger partial charge in [0.15, 0.2) is 0 Å². The third kappa shape index (κ3) is 27.6. The number of H-pyrrole nitrogens is 1. The zero-order valence-electron chi connectivity index (χ0n) is 56.4. The lowest BCUT2D eigenvalue weighted by molar-refractivity contribution is -0.144. The first-order valence-electron chi connectivity index (χ1n) is 32.9. The lowest BCUT2D eigenvalue weighted by atomic mass is 9.93. The molecule has 1 aromatic carbocycles. The molecule has 556 valence electrons. The second-order valence-electron chi connectivity index (χ2n) is 23.5. The summed E-state index contributed by atoms with van der Waals surface area (Å²) in [6, 6.07) is -7.47. The molecule has 1 fully saturated rings. The molecule has 1 unspecified atom stereocenters. The molecule has 37 heteroatoms. The third-order valence-electron chi connectivity index (χ3n) is 16.1. The van der Waals surface area contributed by atoms with E-state index in [9.17, 15) is 68.4 Å². The molecular formula is C62H99N13O22S2. The standard InChI is InChI=1S/C62H99N13O22S2/c1-5-36(3)53-59(87)68-30-51(82)69-45-35-99(90)61-41(26-43(56(84)67-31-52(83)72-53)70-60(88)54(37(4)48(79)33-76)73-58(86)46-25-39(77)32-75(46)62(89)44(27-49(64)80)71-57(45)85)40-7-8-47(78)42(55(40)74-61)34-98-24-23-97-22-21-96-20-19-95-18-17-94-16-15-93-14-13-92-12-11-91-10-9-65-28-38(63)29-66-50(81)6-2/h7-8,28,36-37,39,43-46,48,53-54,65,74,76-79H,5-6,9-27,29-35,63H2,1-4H3,(H2,64,80)(H,66,81)(H,67,84)(H,68,87)(H,69,82)(H,70,88)(H,71,85)(H,72,83)(H,73,86)/b38-28-/t36-,37-,39+,43-,44-,45+,46-,48-,53-,54-,99?/m0/s1. The topological polar surface area (TPSA) is 513 Å². The van der Waals surface area contributed by atoms with Crippen molar-refractivity contribution >= 4 is 92.5 Å². The molecule has 3 aliphatic rings. The molecule has 99 heavy (non-hydrogen) atoms. The second-order valence-corrected chi connectivity index (χ2v) is 26.1. The molecule has 10 amide bonds. The first-order chi connectivity index (χ1) is 47.5. The number of benzene rings is 1. The Bertz CT molecular complexity index is 3060. The number of thioether (sulfide) groups is 1. The third-order valence-corrected chi connectivity index (χ3v) is 18.5. The predicted octanol–water partition coefficient (Wildman–Crippen LogP) is -5.65. The minimum absolute atomic E-state index is 0.0502. The number of hydrogen-bond donors (Lipinski definition) is 16. The highest BCUT2D eigenvalue weighted by Gasteiger charge is 2.45. The van der Waals surface area contributed by atoms with Gasteiger partial charge in [0, 0.05) is 72.6 Å². The Balaban J connectivity index is 1.24. The lowest BCUT2D eigenvalue weighted by Crippen LogP contribution is -2.62. The highest BCUT2D eigenvalue weighted by Crippen LogP contribution is 2.36. The fraction of sp³-hybridized carbons (Fsp3) is 0.677. The quantitative estimate of drug-likeness (QED) is 0.0280. The van der Waals surface area contributed by atoms with Crippen LogP contribution in [-0.4, -0.2) is 285 Å². The zero-order valence-corrected chi connectivity index (χ0v) is 58.0. The van der Waals surface area contributed by atoms with Crippen molar-refractivity contribution in [3.63, 3.8) is 0 Å². The van der Waals surface area contributed by atoms with E-state index >= 15 is 4.21 Å². The van der Waals surface area contributed by atoms with Crippen molar-refractivity contribution in [2.24, 2.45) is 23.3 Å². The first-order valence-corrected chi connectivity index (χ1v) is 35.4. The Kier molecular flexibility index (Phi) is 36.7. The molecule has 35 nitrogen and oxygen atoms in total. The number of ether oxygens (including phenoxy) is 7. The predicted molar refractivity (Wildman–Crippen MR) is 358 cm³/mol. The van der Waals surface area contributed by atoms with Crippen LogP contribution >= 0.6 is 11.8 Å².